The highest BCUT2D eigenvalue weighted by Crippen LogP contribution is 2.27. The van der Waals surface area contributed by atoms with Crippen molar-refractivity contribution in [2.75, 3.05) is 0 Å². The highest BCUT2D eigenvalue weighted by atomic mass is 35.5. The lowest BCUT2D eigenvalue weighted by molar-refractivity contribution is 1.26. The number of thioether (sulfide) groups is 1. The minimum atomic E-state index is 0.340. The number of pyridine rings is 1. The van der Waals surface area contributed by atoms with Crippen LogP contribution in [-0.4, -0.2) is 4.98 Å². The van der Waals surface area contributed by atoms with E-state index in [0.29, 0.717) is 15.1 Å². The monoisotopic (exact) mass is 204 g/mol. The summed E-state index contributed by atoms with van der Waals surface area (Å²) >= 11 is 12.2. The summed E-state index contributed by atoms with van der Waals surface area (Å²) in [6.45, 7) is 0. The summed E-state index contributed by atoms with van der Waals surface area (Å²) in [5.41, 5.74) is 0. The summed E-state index contributed by atoms with van der Waals surface area (Å²) in [6, 6.07) is 1.55. The Balaban J connectivity index is 3.05. The zero-order valence-electron chi connectivity index (χ0n) is 5.21. The lowest BCUT2D eigenvalue weighted by Crippen LogP contribution is -1.77. The SMILES string of the molecule is N#CSc1cc(Cl)ncc1Cl. The van der Waals surface area contributed by atoms with Crippen LogP contribution in [0.2, 0.25) is 10.2 Å². The lowest BCUT2D eigenvalue weighted by atomic mass is 10.5. The first kappa shape index (κ1) is 8.66. The van der Waals surface area contributed by atoms with Gasteiger partial charge in [-0.2, -0.15) is 5.26 Å². The van der Waals surface area contributed by atoms with Gasteiger partial charge in [0.25, 0.3) is 0 Å². The Kier molecular flexibility index (Phi) is 3.01. The van der Waals surface area contributed by atoms with Gasteiger partial charge in [0.2, 0.25) is 0 Å². The van der Waals surface area contributed by atoms with Crippen molar-refractivity contribution in [2.45, 2.75) is 4.90 Å². The molecule has 0 spiro atoms. The number of nitrogens with zero attached hydrogens (tertiary/aromatic N) is 2. The second-order valence-electron chi connectivity index (χ2n) is 1.63. The first-order chi connectivity index (χ1) is 5.24. The number of rotatable bonds is 1. The van der Waals surface area contributed by atoms with Gasteiger partial charge in [0.15, 0.2) is 0 Å². The van der Waals surface area contributed by atoms with E-state index in [-0.39, 0.29) is 0 Å². The standard InChI is InChI=1S/C6H2Cl2N2S/c7-4-2-10-6(8)1-5(4)11-3-9/h1-2H. The van der Waals surface area contributed by atoms with Crippen LogP contribution < -0.4 is 0 Å². The summed E-state index contributed by atoms with van der Waals surface area (Å²) < 4.78 is 0. The fraction of sp³-hybridized carbons (Fsp3) is 0. The predicted molar refractivity (Wildman–Crippen MR) is 45.7 cm³/mol. The van der Waals surface area contributed by atoms with Crippen molar-refractivity contribution >= 4 is 35.0 Å². The van der Waals surface area contributed by atoms with E-state index in [4.69, 9.17) is 28.5 Å². The van der Waals surface area contributed by atoms with Crippen LogP contribution in [-0.2, 0) is 0 Å². The van der Waals surface area contributed by atoms with Crippen molar-refractivity contribution in [2.24, 2.45) is 0 Å². The van der Waals surface area contributed by atoms with Crippen molar-refractivity contribution in [3.63, 3.8) is 0 Å². The summed E-state index contributed by atoms with van der Waals surface area (Å²) in [7, 11) is 0. The fourth-order valence-electron chi connectivity index (χ4n) is 0.524. The molecule has 0 aromatic carbocycles. The fourth-order valence-corrected chi connectivity index (χ4v) is 1.38. The minimum Gasteiger partial charge on any atom is -0.243 e. The molecule has 11 heavy (non-hydrogen) atoms. The van der Waals surface area contributed by atoms with Gasteiger partial charge in [-0.25, -0.2) is 4.98 Å². The predicted octanol–water partition coefficient (Wildman–Crippen LogP) is 2.96. The number of hydrogen-bond acceptors (Lipinski definition) is 3. The Labute approximate surface area is 78.1 Å². The van der Waals surface area contributed by atoms with E-state index < -0.39 is 0 Å². The van der Waals surface area contributed by atoms with Crippen LogP contribution in [0, 0.1) is 10.7 Å². The van der Waals surface area contributed by atoms with Crippen LogP contribution in [0.4, 0.5) is 0 Å². The van der Waals surface area contributed by atoms with Crippen molar-refractivity contribution < 1.29 is 0 Å². The zero-order valence-corrected chi connectivity index (χ0v) is 7.54. The first-order valence-corrected chi connectivity index (χ1v) is 4.18. The molecule has 0 atom stereocenters. The van der Waals surface area contributed by atoms with E-state index in [1.165, 1.54) is 6.20 Å². The maximum atomic E-state index is 8.33. The van der Waals surface area contributed by atoms with Gasteiger partial charge in [0, 0.05) is 11.1 Å². The van der Waals surface area contributed by atoms with Crippen molar-refractivity contribution in [3.8, 4) is 5.40 Å². The first-order valence-electron chi connectivity index (χ1n) is 2.61. The van der Waals surface area contributed by atoms with Gasteiger partial charge in [-0.15, -0.1) is 0 Å². The second-order valence-corrected chi connectivity index (χ2v) is 3.25. The van der Waals surface area contributed by atoms with Crippen molar-refractivity contribution in [1.29, 1.82) is 5.26 Å². The Morgan fingerprint density at radius 3 is 2.91 bits per heavy atom. The number of aromatic nitrogens is 1. The molecule has 0 bridgehead atoms. The number of halogens is 2. The molecule has 0 aliphatic rings. The number of nitriles is 1. The molecule has 0 fully saturated rings. The molecule has 0 saturated heterocycles. The summed E-state index contributed by atoms with van der Waals surface area (Å²) in [5.74, 6) is 0. The molecule has 1 aromatic rings. The third-order valence-electron chi connectivity index (χ3n) is 0.942. The van der Waals surface area contributed by atoms with Crippen LogP contribution in [0.15, 0.2) is 17.2 Å². The van der Waals surface area contributed by atoms with E-state index in [9.17, 15) is 0 Å². The van der Waals surface area contributed by atoms with Crippen LogP contribution >= 0.6 is 35.0 Å². The molecule has 0 aliphatic carbocycles. The van der Waals surface area contributed by atoms with Crippen molar-refractivity contribution in [1.82, 2.24) is 4.98 Å². The third kappa shape index (κ3) is 2.26. The van der Waals surface area contributed by atoms with Gasteiger partial charge in [0.1, 0.15) is 10.6 Å². The van der Waals surface area contributed by atoms with Gasteiger partial charge in [-0.3, -0.25) is 0 Å². The van der Waals surface area contributed by atoms with Gasteiger partial charge in [-0.05, 0) is 17.8 Å². The molecule has 0 N–H and O–H groups in total. The number of thiocyanates is 1. The largest absolute Gasteiger partial charge is 0.243 e. The third-order valence-corrected chi connectivity index (χ3v) is 2.21. The average Bonchev–Trinajstić information content (AvgIpc) is 1.98. The summed E-state index contributed by atoms with van der Waals surface area (Å²) in [6.07, 6.45) is 1.42. The summed E-state index contributed by atoms with van der Waals surface area (Å²) in [5, 5.41) is 11.0. The van der Waals surface area contributed by atoms with Gasteiger partial charge in [-0.1, -0.05) is 23.2 Å². The van der Waals surface area contributed by atoms with E-state index in [1.54, 1.807) is 6.07 Å². The van der Waals surface area contributed by atoms with Crippen LogP contribution in [0.25, 0.3) is 0 Å². The van der Waals surface area contributed by atoms with E-state index in [0.717, 1.165) is 11.8 Å². The molecular weight excluding hydrogens is 203 g/mol. The van der Waals surface area contributed by atoms with Crippen molar-refractivity contribution in [3.05, 3.63) is 22.4 Å². The van der Waals surface area contributed by atoms with Gasteiger partial charge >= 0.3 is 0 Å². The molecule has 1 aromatic heterocycles. The molecule has 56 valence electrons. The quantitative estimate of drug-likeness (QED) is 0.401. The van der Waals surface area contributed by atoms with E-state index in [1.807, 2.05) is 5.40 Å². The molecule has 0 unspecified atom stereocenters. The topological polar surface area (TPSA) is 36.7 Å². The molecule has 2 nitrogen and oxygen atoms in total. The van der Waals surface area contributed by atoms with Gasteiger partial charge in [0.05, 0.1) is 5.02 Å². The Bertz CT molecular complexity index is 308. The maximum absolute atomic E-state index is 8.33. The van der Waals surface area contributed by atoms with E-state index >= 15 is 0 Å². The molecule has 0 amide bonds. The molecule has 0 radical (unpaired) electrons. The van der Waals surface area contributed by atoms with Crippen LogP contribution in [0.5, 0.6) is 0 Å². The highest BCUT2D eigenvalue weighted by Gasteiger charge is 2.01. The average molecular weight is 205 g/mol. The highest BCUT2D eigenvalue weighted by molar-refractivity contribution is 8.03. The van der Waals surface area contributed by atoms with Crippen LogP contribution in [0.1, 0.15) is 0 Å². The molecule has 0 saturated carbocycles. The Hall–Kier alpha value is -0.430. The Morgan fingerprint density at radius 2 is 2.27 bits per heavy atom. The molecule has 1 heterocycles. The van der Waals surface area contributed by atoms with Crippen LogP contribution in [0.3, 0.4) is 0 Å². The molecular formula is C6H2Cl2N2S. The minimum absolute atomic E-state index is 0.340. The molecule has 1 rings (SSSR count). The smallest absolute Gasteiger partial charge is 0.138 e. The number of hydrogen-bond donors (Lipinski definition) is 0. The van der Waals surface area contributed by atoms with Gasteiger partial charge < -0.3 is 0 Å². The second kappa shape index (κ2) is 3.82. The zero-order chi connectivity index (χ0) is 8.27. The van der Waals surface area contributed by atoms with E-state index in [2.05, 4.69) is 4.98 Å². The maximum Gasteiger partial charge on any atom is 0.138 e. The normalized spacial score (nSPS) is 9.18. The Morgan fingerprint density at radius 1 is 1.55 bits per heavy atom. The summed E-state index contributed by atoms with van der Waals surface area (Å²) in [4.78, 5) is 4.37. The molecule has 0 aliphatic heterocycles. The lowest BCUT2D eigenvalue weighted by Gasteiger charge is -1.96. The molecule has 5 heteroatoms.